The molecule has 26 heavy (non-hydrogen) atoms. The maximum absolute atomic E-state index is 12.7. The molecule has 0 aliphatic rings. The van der Waals surface area contributed by atoms with Crippen molar-refractivity contribution in [3.63, 3.8) is 0 Å². The number of carbonyl (C=O) groups is 1. The van der Waals surface area contributed by atoms with Crippen LogP contribution in [0.25, 0.3) is 15.8 Å². The van der Waals surface area contributed by atoms with Crippen LogP contribution >= 0.6 is 34.4 Å². The first-order chi connectivity index (χ1) is 12.6. The summed E-state index contributed by atoms with van der Waals surface area (Å²) in [5, 5.41) is 12.5. The highest BCUT2D eigenvalue weighted by atomic mass is 32.2. The maximum Gasteiger partial charge on any atom is 0.209 e. The maximum atomic E-state index is 12.7. The number of aromatic amines is 1. The number of nitrogens with one attached hydrogen (secondary N) is 1. The number of thiophene rings is 1. The molecule has 0 aliphatic carbocycles. The molecule has 0 aliphatic heterocycles. The highest BCUT2D eigenvalue weighted by Gasteiger charge is 2.18. The number of thioether (sulfide) groups is 1. The zero-order valence-corrected chi connectivity index (χ0v) is 16.5. The molecule has 0 radical (unpaired) electrons. The molecule has 0 aromatic carbocycles. The molecular formula is C17H15N5OS3. The van der Waals surface area contributed by atoms with Crippen LogP contribution in [0.5, 0.6) is 0 Å². The van der Waals surface area contributed by atoms with Gasteiger partial charge < -0.3 is 0 Å². The smallest absolute Gasteiger partial charge is 0.209 e. The number of hydrogen-bond donors (Lipinski definition) is 1. The molecule has 1 N–H and O–H groups in total. The number of ketones is 1. The molecular weight excluding hydrogens is 386 g/mol. The van der Waals surface area contributed by atoms with Crippen LogP contribution in [0.4, 0.5) is 0 Å². The molecule has 0 atom stereocenters. The highest BCUT2D eigenvalue weighted by molar-refractivity contribution is 7.99. The van der Waals surface area contributed by atoms with Crippen molar-refractivity contribution in [2.24, 2.45) is 0 Å². The van der Waals surface area contributed by atoms with Crippen LogP contribution in [0.1, 0.15) is 21.7 Å². The number of thiazole rings is 1. The van der Waals surface area contributed by atoms with Crippen molar-refractivity contribution in [1.29, 1.82) is 0 Å². The lowest BCUT2D eigenvalue weighted by molar-refractivity contribution is 0.102. The zero-order chi connectivity index (χ0) is 18.1. The molecule has 0 spiro atoms. The van der Waals surface area contributed by atoms with Crippen molar-refractivity contribution in [2.75, 3.05) is 5.75 Å². The average molecular weight is 402 g/mol. The second-order valence-electron chi connectivity index (χ2n) is 5.59. The fourth-order valence-electron chi connectivity index (χ4n) is 2.71. The molecule has 4 aromatic heterocycles. The third kappa shape index (κ3) is 3.25. The first-order valence-corrected chi connectivity index (χ1v) is 10.6. The van der Waals surface area contributed by atoms with E-state index in [-0.39, 0.29) is 5.78 Å². The van der Waals surface area contributed by atoms with Crippen LogP contribution in [-0.4, -0.2) is 36.3 Å². The van der Waals surface area contributed by atoms with Crippen molar-refractivity contribution in [3.05, 3.63) is 52.1 Å². The minimum atomic E-state index is 0.0633. The quantitative estimate of drug-likeness (QED) is 0.383. The van der Waals surface area contributed by atoms with Gasteiger partial charge in [-0.05, 0) is 31.4 Å². The van der Waals surface area contributed by atoms with E-state index in [0.717, 1.165) is 32.8 Å². The fraction of sp³-hybridized carbons (Fsp3) is 0.176. The lowest BCUT2D eigenvalue weighted by Gasteiger charge is -2.05. The second-order valence-corrected chi connectivity index (χ2v) is 8.35. The van der Waals surface area contributed by atoms with Crippen LogP contribution in [0.3, 0.4) is 0 Å². The van der Waals surface area contributed by atoms with E-state index >= 15 is 0 Å². The standard InChI is InChI=1S/C17H15N5OS3/c1-10-8-12(11(2)22(10)17-18-5-7-25-17)13(23)9-26-16-19-15(20-21-16)14-4-3-6-24-14/h3-8H,9H2,1-2H3,(H,19,20,21). The van der Waals surface area contributed by atoms with Gasteiger partial charge >= 0.3 is 0 Å². The van der Waals surface area contributed by atoms with Crippen molar-refractivity contribution in [3.8, 4) is 15.8 Å². The zero-order valence-electron chi connectivity index (χ0n) is 14.1. The molecule has 9 heteroatoms. The van der Waals surface area contributed by atoms with Gasteiger partial charge in [0.15, 0.2) is 16.7 Å². The Kier molecular flexibility index (Phi) is 4.75. The number of aromatic nitrogens is 5. The fourth-order valence-corrected chi connectivity index (χ4v) is 4.81. The predicted octanol–water partition coefficient (Wildman–Crippen LogP) is 4.37. The molecule has 4 rings (SSSR count). The first kappa shape index (κ1) is 17.2. The monoisotopic (exact) mass is 401 g/mol. The second kappa shape index (κ2) is 7.18. The van der Waals surface area contributed by atoms with E-state index in [2.05, 4.69) is 20.2 Å². The van der Waals surface area contributed by atoms with E-state index in [0.29, 0.717) is 10.9 Å². The summed E-state index contributed by atoms with van der Waals surface area (Å²) >= 11 is 4.49. The van der Waals surface area contributed by atoms with E-state index in [1.165, 1.54) is 11.8 Å². The van der Waals surface area contributed by atoms with Crippen molar-refractivity contribution < 1.29 is 4.79 Å². The summed E-state index contributed by atoms with van der Waals surface area (Å²) in [5.41, 5.74) is 2.64. The van der Waals surface area contributed by atoms with Crippen molar-refractivity contribution >= 4 is 40.2 Å². The third-order valence-electron chi connectivity index (χ3n) is 3.89. The van der Waals surface area contributed by atoms with E-state index in [1.807, 2.05) is 47.4 Å². The summed E-state index contributed by atoms with van der Waals surface area (Å²) in [7, 11) is 0. The van der Waals surface area contributed by atoms with Crippen molar-refractivity contribution in [2.45, 2.75) is 19.0 Å². The largest absolute Gasteiger partial charge is 0.294 e. The topological polar surface area (TPSA) is 76.5 Å². The van der Waals surface area contributed by atoms with Gasteiger partial charge in [-0.25, -0.2) is 9.97 Å². The van der Waals surface area contributed by atoms with Crippen LogP contribution in [0, 0.1) is 13.8 Å². The molecule has 4 aromatic rings. The molecule has 0 saturated carbocycles. The Morgan fingerprint density at radius 3 is 2.92 bits per heavy atom. The molecule has 0 amide bonds. The first-order valence-electron chi connectivity index (χ1n) is 7.84. The van der Waals surface area contributed by atoms with Gasteiger partial charge in [0.2, 0.25) is 5.16 Å². The summed E-state index contributed by atoms with van der Waals surface area (Å²) in [6.45, 7) is 3.94. The summed E-state index contributed by atoms with van der Waals surface area (Å²) in [5.74, 6) is 1.09. The van der Waals surface area contributed by atoms with Crippen molar-refractivity contribution in [1.82, 2.24) is 24.7 Å². The van der Waals surface area contributed by atoms with E-state index < -0.39 is 0 Å². The van der Waals surface area contributed by atoms with Gasteiger partial charge in [0.05, 0.1) is 10.6 Å². The number of hydrogen-bond acceptors (Lipinski definition) is 7. The molecule has 0 saturated heterocycles. The van der Waals surface area contributed by atoms with Gasteiger partial charge in [0.1, 0.15) is 0 Å². The SMILES string of the molecule is Cc1cc(C(=O)CSc2n[nH]c(-c3cccs3)n2)c(C)n1-c1nccs1. The highest BCUT2D eigenvalue weighted by Crippen LogP contribution is 2.26. The van der Waals surface area contributed by atoms with Gasteiger partial charge in [-0.1, -0.05) is 17.8 Å². The van der Waals surface area contributed by atoms with E-state index in [1.54, 1.807) is 28.9 Å². The van der Waals surface area contributed by atoms with Gasteiger partial charge in [-0.2, -0.15) is 0 Å². The summed E-state index contributed by atoms with van der Waals surface area (Å²) < 4.78 is 2.02. The minimum absolute atomic E-state index is 0.0633. The lowest BCUT2D eigenvalue weighted by Crippen LogP contribution is -2.05. The summed E-state index contributed by atoms with van der Waals surface area (Å²) in [6.07, 6.45) is 1.77. The van der Waals surface area contributed by atoms with Crippen LogP contribution in [0.2, 0.25) is 0 Å². The molecule has 0 bridgehead atoms. The number of H-pyrrole nitrogens is 1. The van der Waals surface area contributed by atoms with Crippen LogP contribution < -0.4 is 0 Å². The Labute approximate surface area is 162 Å². The Hall–Kier alpha value is -2.23. The Morgan fingerprint density at radius 1 is 1.31 bits per heavy atom. The number of nitrogens with zero attached hydrogens (tertiary/aromatic N) is 4. The Bertz CT molecular complexity index is 1030. The Balaban J connectivity index is 1.48. The minimum Gasteiger partial charge on any atom is -0.294 e. The molecule has 6 nitrogen and oxygen atoms in total. The van der Waals surface area contributed by atoms with Crippen LogP contribution in [-0.2, 0) is 0 Å². The third-order valence-corrected chi connectivity index (χ3v) is 6.37. The number of carbonyl (C=O) groups excluding carboxylic acids is 1. The van der Waals surface area contributed by atoms with E-state index in [9.17, 15) is 4.79 Å². The Morgan fingerprint density at radius 2 is 2.19 bits per heavy atom. The van der Waals surface area contributed by atoms with Gasteiger partial charge in [-0.15, -0.1) is 27.8 Å². The summed E-state index contributed by atoms with van der Waals surface area (Å²) in [6, 6.07) is 5.88. The molecule has 132 valence electrons. The normalized spacial score (nSPS) is 11.2. The lowest BCUT2D eigenvalue weighted by atomic mass is 10.2. The number of Topliss-reactive ketones (excluding diaryl/α,β-unsaturated/α-hetero) is 1. The van der Waals surface area contributed by atoms with Gasteiger partial charge in [-0.3, -0.25) is 14.5 Å². The van der Waals surface area contributed by atoms with Gasteiger partial charge in [0, 0.05) is 28.5 Å². The number of aryl methyl sites for hydroxylation is 1. The molecule has 0 fully saturated rings. The number of rotatable bonds is 6. The average Bonchev–Trinajstić information content (AvgIpc) is 3.40. The summed E-state index contributed by atoms with van der Waals surface area (Å²) in [4.78, 5) is 22.5. The van der Waals surface area contributed by atoms with Gasteiger partial charge in [0.25, 0.3) is 0 Å². The molecule has 0 unspecified atom stereocenters. The van der Waals surface area contributed by atoms with E-state index in [4.69, 9.17) is 0 Å². The van der Waals surface area contributed by atoms with Crippen LogP contribution in [0.15, 0.2) is 40.3 Å². The predicted molar refractivity (Wildman–Crippen MR) is 106 cm³/mol. The molecule has 4 heterocycles.